The molecule has 4 heterocycles. The minimum atomic E-state index is 0.115. The molecule has 1 aromatic heterocycles. The molecule has 3 fully saturated rings. The second kappa shape index (κ2) is 7.16. The molecule has 126 valence electrons. The molecule has 0 aliphatic carbocycles. The minimum absolute atomic E-state index is 0.115. The molecule has 0 spiro atoms. The molecule has 3 aliphatic rings. The van der Waals surface area contributed by atoms with E-state index in [0.29, 0.717) is 6.04 Å². The van der Waals surface area contributed by atoms with Crippen molar-refractivity contribution in [2.75, 3.05) is 32.9 Å². The summed E-state index contributed by atoms with van der Waals surface area (Å²) in [7, 11) is 0. The first-order chi connectivity index (χ1) is 11.4. The first kappa shape index (κ1) is 15.4. The van der Waals surface area contributed by atoms with Crippen molar-refractivity contribution in [3.63, 3.8) is 0 Å². The zero-order chi connectivity index (χ0) is 15.5. The van der Waals surface area contributed by atoms with Gasteiger partial charge in [0, 0.05) is 45.1 Å². The van der Waals surface area contributed by atoms with Crippen LogP contribution in [0.5, 0.6) is 5.75 Å². The number of nitrogens with zero attached hydrogens (tertiary/aromatic N) is 2. The summed E-state index contributed by atoms with van der Waals surface area (Å²) in [6.07, 6.45) is 8.63. The summed E-state index contributed by atoms with van der Waals surface area (Å²) in [5, 5.41) is 0. The van der Waals surface area contributed by atoms with Crippen LogP contribution in [0.2, 0.25) is 0 Å². The molecular formula is C18H26N2O3. The number of hydrogen-bond acceptors (Lipinski definition) is 5. The highest BCUT2D eigenvalue weighted by Gasteiger charge is 2.45. The summed E-state index contributed by atoms with van der Waals surface area (Å²) in [5.41, 5.74) is 0. The van der Waals surface area contributed by atoms with Crippen molar-refractivity contribution in [1.82, 2.24) is 9.88 Å². The third-order valence-corrected chi connectivity index (χ3v) is 5.34. The van der Waals surface area contributed by atoms with E-state index in [2.05, 4.69) is 9.88 Å². The zero-order valence-corrected chi connectivity index (χ0v) is 13.6. The van der Waals surface area contributed by atoms with Crippen LogP contribution in [-0.2, 0) is 9.47 Å². The SMILES string of the molecule is c1cncc(O[C@H]2CN(CC3CCOCC3)[C@@H]3CCCO[C@H]23)c1. The molecule has 23 heavy (non-hydrogen) atoms. The number of likely N-dealkylation sites (tertiary alicyclic amines) is 1. The maximum atomic E-state index is 6.21. The molecule has 0 bridgehead atoms. The van der Waals surface area contributed by atoms with Crippen LogP contribution in [0.1, 0.15) is 25.7 Å². The summed E-state index contributed by atoms with van der Waals surface area (Å²) in [6.45, 7) is 4.80. The van der Waals surface area contributed by atoms with Gasteiger partial charge in [0.05, 0.1) is 6.20 Å². The van der Waals surface area contributed by atoms with Crippen LogP contribution in [0.15, 0.2) is 24.5 Å². The fourth-order valence-corrected chi connectivity index (χ4v) is 4.17. The lowest BCUT2D eigenvalue weighted by Crippen LogP contribution is -2.44. The van der Waals surface area contributed by atoms with Crippen molar-refractivity contribution >= 4 is 0 Å². The van der Waals surface area contributed by atoms with Crippen LogP contribution < -0.4 is 4.74 Å². The van der Waals surface area contributed by atoms with Gasteiger partial charge < -0.3 is 14.2 Å². The normalized spacial score (nSPS) is 32.6. The van der Waals surface area contributed by atoms with E-state index in [-0.39, 0.29) is 12.2 Å². The Morgan fingerprint density at radius 3 is 2.96 bits per heavy atom. The number of rotatable bonds is 4. The third-order valence-electron chi connectivity index (χ3n) is 5.34. The second-order valence-corrected chi connectivity index (χ2v) is 6.90. The maximum absolute atomic E-state index is 6.21. The maximum Gasteiger partial charge on any atom is 0.139 e. The van der Waals surface area contributed by atoms with Crippen molar-refractivity contribution in [2.24, 2.45) is 5.92 Å². The van der Waals surface area contributed by atoms with Crippen LogP contribution in [0.4, 0.5) is 0 Å². The van der Waals surface area contributed by atoms with E-state index < -0.39 is 0 Å². The summed E-state index contributed by atoms with van der Waals surface area (Å²) < 4.78 is 17.8. The van der Waals surface area contributed by atoms with Crippen molar-refractivity contribution < 1.29 is 14.2 Å². The summed E-state index contributed by atoms with van der Waals surface area (Å²) >= 11 is 0. The van der Waals surface area contributed by atoms with Gasteiger partial charge in [0.15, 0.2) is 0 Å². The van der Waals surface area contributed by atoms with Gasteiger partial charge in [-0.2, -0.15) is 0 Å². The van der Waals surface area contributed by atoms with Crippen molar-refractivity contribution in [1.29, 1.82) is 0 Å². The highest BCUT2D eigenvalue weighted by Crippen LogP contribution is 2.33. The highest BCUT2D eigenvalue weighted by atomic mass is 16.5. The largest absolute Gasteiger partial charge is 0.485 e. The molecule has 3 saturated heterocycles. The molecule has 0 amide bonds. The Balaban J connectivity index is 1.43. The average molecular weight is 318 g/mol. The van der Waals surface area contributed by atoms with Crippen LogP contribution in [0, 0.1) is 5.92 Å². The van der Waals surface area contributed by atoms with Gasteiger partial charge in [0.25, 0.3) is 0 Å². The fraction of sp³-hybridized carbons (Fsp3) is 0.722. The molecule has 0 unspecified atom stereocenters. The number of pyridine rings is 1. The molecule has 0 N–H and O–H groups in total. The Morgan fingerprint density at radius 1 is 1.22 bits per heavy atom. The fourth-order valence-electron chi connectivity index (χ4n) is 4.17. The Hall–Kier alpha value is -1.17. The van der Waals surface area contributed by atoms with Gasteiger partial charge in [0.1, 0.15) is 18.0 Å². The molecule has 3 aliphatic heterocycles. The summed E-state index contributed by atoms with van der Waals surface area (Å²) in [6, 6.07) is 4.41. The average Bonchev–Trinajstić information content (AvgIpc) is 2.95. The van der Waals surface area contributed by atoms with E-state index in [1.807, 2.05) is 12.1 Å². The molecule has 5 heteroatoms. The Morgan fingerprint density at radius 2 is 2.13 bits per heavy atom. The molecule has 3 atom stereocenters. The molecule has 4 rings (SSSR count). The first-order valence-corrected chi connectivity index (χ1v) is 8.90. The monoisotopic (exact) mass is 318 g/mol. The molecule has 0 saturated carbocycles. The van der Waals surface area contributed by atoms with Gasteiger partial charge in [-0.3, -0.25) is 9.88 Å². The smallest absolute Gasteiger partial charge is 0.139 e. The van der Waals surface area contributed by atoms with Crippen LogP contribution >= 0.6 is 0 Å². The van der Waals surface area contributed by atoms with E-state index >= 15 is 0 Å². The van der Waals surface area contributed by atoms with Crippen LogP contribution in [0.25, 0.3) is 0 Å². The van der Waals surface area contributed by atoms with Gasteiger partial charge in [0.2, 0.25) is 0 Å². The Labute approximate surface area is 137 Å². The van der Waals surface area contributed by atoms with Crippen LogP contribution in [0.3, 0.4) is 0 Å². The topological polar surface area (TPSA) is 43.8 Å². The van der Waals surface area contributed by atoms with Crippen molar-refractivity contribution in [3.8, 4) is 5.75 Å². The van der Waals surface area contributed by atoms with E-state index in [0.717, 1.165) is 51.0 Å². The Kier molecular flexibility index (Phi) is 4.78. The minimum Gasteiger partial charge on any atom is -0.485 e. The first-order valence-electron chi connectivity index (χ1n) is 8.90. The molecule has 1 aromatic rings. The predicted molar refractivity (Wildman–Crippen MR) is 86.5 cm³/mol. The van der Waals surface area contributed by atoms with E-state index in [9.17, 15) is 0 Å². The zero-order valence-electron chi connectivity index (χ0n) is 13.6. The Bertz CT molecular complexity index is 492. The summed E-state index contributed by atoms with van der Waals surface area (Å²) in [4.78, 5) is 6.76. The van der Waals surface area contributed by atoms with Gasteiger partial charge in [-0.15, -0.1) is 0 Å². The van der Waals surface area contributed by atoms with Gasteiger partial charge in [-0.25, -0.2) is 0 Å². The lowest BCUT2D eigenvalue weighted by molar-refractivity contribution is -0.0488. The molecular weight excluding hydrogens is 292 g/mol. The lowest BCUT2D eigenvalue weighted by atomic mass is 9.97. The number of aromatic nitrogens is 1. The third kappa shape index (κ3) is 3.52. The summed E-state index contributed by atoms with van der Waals surface area (Å²) in [5.74, 6) is 1.60. The standard InChI is InChI=1S/C18H26N2O3/c1-3-15(11-19-7-1)23-17-13-20(12-14-5-9-21-10-6-14)16-4-2-8-22-18(16)17/h1,3,7,11,14,16-18H,2,4-6,8-10,12-13H2/t16-,17+,18+/m1/s1. The molecule has 5 nitrogen and oxygen atoms in total. The van der Waals surface area contributed by atoms with E-state index in [1.165, 1.54) is 19.3 Å². The molecule has 0 radical (unpaired) electrons. The highest BCUT2D eigenvalue weighted by molar-refractivity contribution is 5.17. The molecule has 0 aromatic carbocycles. The predicted octanol–water partition coefficient (Wildman–Crippen LogP) is 2.12. The van der Waals surface area contributed by atoms with E-state index in [1.54, 1.807) is 12.4 Å². The quantitative estimate of drug-likeness (QED) is 0.851. The van der Waals surface area contributed by atoms with Gasteiger partial charge in [-0.05, 0) is 43.7 Å². The number of fused-ring (bicyclic) bond motifs is 1. The van der Waals surface area contributed by atoms with Gasteiger partial charge >= 0.3 is 0 Å². The van der Waals surface area contributed by atoms with Gasteiger partial charge in [-0.1, -0.05) is 0 Å². The number of ether oxygens (including phenoxy) is 3. The van der Waals surface area contributed by atoms with E-state index in [4.69, 9.17) is 14.2 Å². The lowest BCUT2D eigenvalue weighted by Gasteiger charge is -2.34. The van der Waals surface area contributed by atoms with Crippen molar-refractivity contribution in [3.05, 3.63) is 24.5 Å². The second-order valence-electron chi connectivity index (χ2n) is 6.90. The van der Waals surface area contributed by atoms with Crippen LogP contribution in [-0.4, -0.2) is 61.0 Å². The number of hydrogen-bond donors (Lipinski definition) is 0. The van der Waals surface area contributed by atoms with Crippen molar-refractivity contribution in [2.45, 2.75) is 43.9 Å².